The van der Waals surface area contributed by atoms with Crippen molar-refractivity contribution < 1.29 is 9.26 Å². The van der Waals surface area contributed by atoms with Crippen LogP contribution in [0.3, 0.4) is 0 Å². The van der Waals surface area contributed by atoms with Crippen molar-refractivity contribution in [3.05, 3.63) is 16.5 Å². The summed E-state index contributed by atoms with van der Waals surface area (Å²) >= 11 is 1.48. The van der Waals surface area contributed by atoms with E-state index in [9.17, 15) is 0 Å². The summed E-state index contributed by atoms with van der Waals surface area (Å²) in [6.07, 6.45) is -0.167. The molecule has 2 rings (SSSR count). The van der Waals surface area contributed by atoms with Gasteiger partial charge in [0.15, 0.2) is 0 Å². The molecule has 0 aromatic carbocycles. The highest BCUT2D eigenvalue weighted by molar-refractivity contribution is 7.15. The number of hydrogen-bond donors (Lipinski definition) is 1. The maximum Gasteiger partial charge on any atom is 0.270 e. The number of nitrogens with zero attached hydrogens (tertiary/aromatic N) is 3. The minimum Gasteiger partial charge on any atom is -0.373 e. The number of hydrogen-bond acceptors (Lipinski definition) is 7. The van der Waals surface area contributed by atoms with Gasteiger partial charge >= 0.3 is 0 Å². The fourth-order valence-electron chi connectivity index (χ4n) is 1.86. The Labute approximate surface area is 116 Å². The smallest absolute Gasteiger partial charge is 0.270 e. The number of ether oxygens (including phenoxy) is 1. The van der Waals surface area contributed by atoms with Crippen LogP contribution in [0.2, 0.25) is 0 Å². The zero-order valence-corrected chi connectivity index (χ0v) is 12.3. The van der Waals surface area contributed by atoms with Gasteiger partial charge in [-0.3, -0.25) is 0 Å². The molecule has 2 heterocycles. The van der Waals surface area contributed by atoms with E-state index in [2.05, 4.69) is 29.0 Å². The van der Waals surface area contributed by atoms with E-state index in [0.717, 1.165) is 15.6 Å². The molecule has 19 heavy (non-hydrogen) atoms. The van der Waals surface area contributed by atoms with E-state index < -0.39 is 0 Å². The summed E-state index contributed by atoms with van der Waals surface area (Å²) in [5, 5.41) is 4.86. The maximum atomic E-state index is 5.59. The van der Waals surface area contributed by atoms with Crippen LogP contribution in [0.4, 0.5) is 0 Å². The molecule has 1 atom stereocenters. The fourth-order valence-corrected chi connectivity index (χ4v) is 2.72. The lowest BCUT2D eigenvalue weighted by molar-refractivity contribution is 0.0556. The molecule has 104 valence electrons. The van der Waals surface area contributed by atoms with Crippen LogP contribution in [-0.2, 0) is 11.3 Å². The van der Waals surface area contributed by atoms with Crippen molar-refractivity contribution in [1.82, 2.24) is 15.1 Å². The summed E-state index contributed by atoms with van der Waals surface area (Å²) in [7, 11) is 1.64. The van der Waals surface area contributed by atoms with Crippen LogP contribution in [0.15, 0.2) is 4.52 Å². The predicted octanol–water partition coefficient (Wildman–Crippen LogP) is 2.30. The Morgan fingerprint density at radius 3 is 2.63 bits per heavy atom. The van der Waals surface area contributed by atoms with Crippen molar-refractivity contribution in [2.24, 2.45) is 11.7 Å². The highest BCUT2D eigenvalue weighted by Gasteiger charge is 2.23. The number of nitrogens with two attached hydrogens (primary N) is 1. The quantitative estimate of drug-likeness (QED) is 0.905. The standard InChI is InChI=1S/C12H18N4O2S/c1-6(2)9(17-4)11-15-12(18-16-11)10-7(3)14-8(5-13)19-10/h6,9H,5,13H2,1-4H3. The normalized spacial score (nSPS) is 13.2. The van der Waals surface area contributed by atoms with Crippen molar-refractivity contribution >= 4 is 11.3 Å². The van der Waals surface area contributed by atoms with Crippen molar-refractivity contribution in [2.75, 3.05) is 7.11 Å². The first kappa shape index (κ1) is 14.1. The van der Waals surface area contributed by atoms with Gasteiger partial charge in [0.25, 0.3) is 5.89 Å². The lowest BCUT2D eigenvalue weighted by Gasteiger charge is -2.14. The van der Waals surface area contributed by atoms with E-state index in [1.807, 2.05) is 6.92 Å². The van der Waals surface area contributed by atoms with Gasteiger partial charge in [0.1, 0.15) is 16.0 Å². The van der Waals surface area contributed by atoms with Gasteiger partial charge in [0.05, 0.1) is 5.69 Å². The van der Waals surface area contributed by atoms with E-state index in [4.69, 9.17) is 15.0 Å². The van der Waals surface area contributed by atoms with E-state index in [-0.39, 0.29) is 12.0 Å². The van der Waals surface area contributed by atoms with Gasteiger partial charge in [-0.1, -0.05) is 19.0 Å². The average Bonchev–Trinajstić information content (AvgIpc) is 2.96. The van der Waals surface area contributed by atoms with Gasteiger partial charge in [-0.25, -0.2) is 4.98 Å². The molecule has 6 nitrogen and oxygen atoms in total. The molecule has 1 unspecified atom stereocenters. The zero-order valence-electron chi connectivity index (χ0n) is 11.5. The van der Waals surface area contributed by atoms with Crippen LogP contribution in [0.5, 0.6) is 0 Å². The number of aryl methyl sites for hydroxylation is 1. The topological polar surface area (TPSA) is 87.1 Å². The third-order valence-electron chi connectivity index (χ3n) is 2.77. The Morgan fingerprint density at radius 1 is 1.37 bits per heavy atom. The third-order valence-corrected chi connectivity index (χ3v) is 3.93. The molecule has 0 bridgehead atoms. The molecule has 0 spiro atoms. The van der Waals surface area contributed by atoms with Gasteiger partial charge < -0.3 is 15.0 Å². The first-order valence-corrected chi connectivity index (χ1v) is 6.91. The third kappa shape index (κ3) is 2.83. The van der Waals surface area contributed by atoms with Crippen LogP contribution in [0.1, 0.15) is 36.5 Å². The van der Waals surface area contributed by atoms with E-state index in [0.29, 0.717) is 18.3 Å². The predicted molar refractivity (Wildman–Crippen MR) is 72.6 cm³/mol. The van der Waals surface area contributed by atoms with Crippen LogP contribution < -0.4 is 5.73 Å². The second-order valence-corrected chi connectivity index (χ2v) is 5.67. The Hall–Kier alpha value is -1.31. The number of aromatic nitrogens is 3. The molecular weight excluding hydrogens is 264 g/mol. The summed E-state index contributed by atoms with van der Waals surface area (Å²) in [6.45, 7) is 6.42. The van der Waals surface area contributed by atoms with Crippen molar-refractivity contribution in [2.45, 2.75) is 33.4 Å². The van der Waals surface area contributed by atoms with Gasteiger partial charge in [-0.05, 0) is 12.8 Å². The van der Waals surface area contributed by atoms with Crippen molar-refractivity contribution in [1.29, 1.82) is 0 Å². The van der Waals surface area contributed by atoms with Crippen LogP contribution in [0, 0.1) is 12.8 Å². The van der Waals surface area contributed by atoms with Gasteiger partial charge in [0.2, 0.25) is 5.82 Å². The summed E-state index contributed by atoms with van der Waals surface area (Å²) in [4.78, 5) is 9.63. The lowest BCUT2D eigenvalue weighted by Crippen LogP contribution is -2.10. The molecule has 0 saturated carbocycles. The number of rotatable bonds is 5. The molecule has 0 radical (unpaired) electrons. The first-order chi connectivity index (χ1) is 9.06. The Balaban J connectivity index is 2.32. The summed E-state index contributed by atoms with van der Waals surface area (Å²) in [5.74, 6) is 1.32. The first-order valence-electron chi connectivity index (χ1n) is 6.10. The van der Waals surface area contributed by atoms with Gasteiger partial charge in [-0.2, -0.15) is 4.98 Å². The van der Waals surface area contributed by atoms with Gasteiger partial charge in [0, 0.05) is 13.7 Å². The van der Waals surface area contributed by atoms with Gasteiger partial charge in [-0.15, -0.1) is 11.3 Å². The minimum atomic E-state index is -0.167. The Morgan fingerprint density at radius 2 is 2.11 bits per heavy atom. The molecule has 2 N–H and O–H groups in total. The summed E-state index contributed by atoms with van der Waals surface area (Å²) < 4.78 is 10.7. The maximum absolute atomic E-state index is 5.59. The van der Waals surface area contributed by atoms with E-state index in [1.54, 1.807) is 7.11 Å². The highest BCUT2D eigenvalue weighted by atomic mass is 32.1. The number of methoxy groups -OCH3 is 1. The van der Waals surface area contributed by atoms with Crippen LogP contribution in [0.25, 0.3) is 10.8 Å². The molecule has 0 aliphatic rings. The van der Waals surface area contributed by atoms with Crippen LogP contribution in [-0.4, -0.2) is 22.2 Å². The fraction of sp³-hybridized carbons (Fsp3) is 0.583. The molecule has 2 aromatic rings. The van der Waals surface area contributed by atoms with Crippen LogP contribution >= 0.6 is 11.3 Å². The zero-order chi connectivity index (χ0) is 14.0. The number of thiazole rings is 1. The Bertz CT molecular complexity index is 550. The Kier molecular flexibility index (Phi) is 4.28. The molecule has 0 fully saturated rings. The SMILES string of the molecule is COC(c1noc(-c2sc(CN)nc2C)n1)C(C)C. The molecule has 0 aliphatic heterocycles. The van der Waals surface area contributed by atoms with Crippen molar-refractivity contribution in [3.8, 4) is 10.8 Å². The second kappa shape index (κ2) is 5.77. The minimum absolute atomic E-state index is 0.167. The average molecular weight is 282 g/mol. The molecule has 0 aliphatic carbocycles. The molecular formula is C12H18N4O2S. The molecule has 0 amide bonds. The van der Waals surface area contributed by atoms with E-state index in [1.165, 1.54) is 11.3 Å². The molecule has 0 saturated heterocycles. The lowest BCUT2D eigenvalue weighted by atomic mass is 10.1. The summed E-state index contributed by atoms with van der Waals surface area (Å²) in [6, 6.07) is 0. The highest BCUT2D eigenvalue weighted by Crippen LogP contribution is 2.30. The van der Waals surface area contributed by atoms with Crippen molar-refractivity contribution in [3.63, 3.8) is 0 Å². The molecule has 2 aromatic heterocycles. The summed E-state index contributed by atoms with van der Waals surface area (Å²) in [5.41, 5.74) is 6.45. The second-order valence-electron chi connectivity index (χ2n) is 4.58. The van der Waals surface area contributed by atoms with E-state index >= 15 is 0 Å². The largest absolute Gasteiger partial charge is 0.373 e. The molecule has 7 heteroatoms. The monoisotopic (exact) mass is 282 g/mol.